The molecule has 0 spiro atoms. The Hall–Kier alpha value is -2.74. The average Bonchev–Trinajstić information content (AvgIpc) is 3.20. The van der Waals surface area contributed by atoms with Gasteiger partial charge in [-0.3, -0.25) is 20.3 Å². The van der Waals surface area contributed by atoms with Crippen molar-refractivity contribution in [1.82, 2.24) is 0 Å². The fraction of sp³-hybridized carbons (Fsp3) is 0.655. The highest BCUT2D eigenvalue weighted by molar-refractivity contribution is 5.86. The van der Waals surface area contributed by atoms with Crippen LogP contribution >= 0.6 is 0 Å². The Labute approximate surface area is 218 Å². The van der Waals surface area contributed by atoms with Gasteiger partial charge in [-0.25, -0.2) is 0 Å². The highest BCUT2D eigenvalue weighted by Crippen LogP contribution is 2.66. The lowest BCUT2D eigenvalue weighted by molar-refractivity contribution is -0.384. The zero-order valence-corrected chi connectivity index (χ0v) is 22.3. The number of nitrogens with one attached hydrogen (secondary N) is 1. The summed E-state index contributed by atoms with van der Waals surface area (Å²) in [5.41, 5.74) is 6.21. The maximum absolute atomic E-state index is 12.0. The molecule has 4 unspecified atom stereocenters. The summed E-state index contributed by atoms with van der Waals surface area (Å²) in [4.78, 5) is 22.5. The third-order valence-corrected chi connectivity index (χ3v) is 10.4. The predicted molar refractivity (Wildman–Crippen MR) is 142 cm³/mol. The topological polar surface area (TPSA) is 114 Å². The van der Waals surface area contributed by atoms with Crippen molar-refractivity contribution in [3.05, 3.63) is 46.0 Å². The SMILES string of the molecule is CC(=O)OC1C[C@@H](O)CC2=CCC3C(CC[C@@]4(C)C3CC[C@@H]4/C(C)=N/Nc3ccc([N+](=O)[O-])cc3)[C@]21C. The third kappa shape index (κ3) is 4.37. The minimum atomic E-state index is -0.452. The Bertz CT molecular complexity index is 1130. The number of aliphatic hydroxyl groups is 1. The first-order chi connectivity index (χ1) is 17.5. The molecule has 37 heavy (non-hydrogen) atoms. The lowest BCUT2D eigenvalue weighted by Crippen LogP contribution is -2.56. The number of hydrogen-bond acceptors (Lipinski definition) is 7. The largest absolute Gasteiger partial charge is 0.462 e. The molecular formula is C29H39N3O5. The summed E-state index contributed by atoms with van der Waals surface area (Å²) in [6.45, 7) is 8.29. The molecule has 0 aromatic heterocycles. The maximum Gasteiger partial charge on any atom is 0.302 e. The van der Waals surface area contributed by atoms with E-state index in [0.29, 0.717) is 36.5 Å². The zero-order valence-electron chi connectivity index (χ0n) is 22.3. The van der Waals surface area contributed by atoms with Crippen LogP contribution in [0.5, 0.6) is 0 Å². The lowest BCUT2D eigenvalue weighted by atomic mass is 9.46. The van der Waals surface area contributed by atoms with E-state index in [2.05, 4.69) is 32.3 Å². The van der Waals surface area contributed by atoms with Crippen molar-refractivity contribution in [3.63, 3.8) is 0 Å². The number of hydrazone groups is 1. The van der Waals surface area contributed by atoms with Gasteiger partial charge in [-0.05, 0) is 80.8 Å². The molecule has 0 heterocycles. The highest BCUT2D eigenvalue weighted by atomic mass is 16.6. The number of hydrogen-bond donors (Lipinski definition) is 2. The van der Waals surface area contributed by atoms with Gasteiger partial charge in [-0.15, -0.1) is 0 Å². The molecule has 200 valence electrons. The van der Waals surface area contributed by atoms with E-state index in [1.165, 1.54) is 24.6 Å². The number of rotatable bonds is 5. The molecule has 4 aliphatic rings. The maximum atomic E-state index is 12.0. The van der Waals surface area contributed by atoms with Gasteiger partial charge in [0.25, 0.3) is 5.69 Å². The molecule has 0 bridgehead atoms. The number of nitro groups is 1. The number of esters is 1. The van der Waals surface area contributed by atoms with Crippen LogP contribution < -0.4 is 5.43 Å². The van der Waals surface area contributed by atoms with Crippen LogP contribution in [-0.2, 0) is 9.53 Å². The van der Waals surface area contributed by atoms with Gasteiger partial charge in [0.2, 0.25) is 0 Å². The van der Waals surface area contributed by atoms with Crippen molar-refractivity contribution in [1.29, 1.82) is 0 Å². The van der Waals surface area contributed by atoms with E-state index in [9.17, 15) is 20.0 Å². The Balaban J connectivity index is 1.36. The zero-order chi connectivity index (χ0) is 26.5. The molecule has 5 rings (SSSR count). The molecule has 0 saturated heterocycles. The van der Waals surface area contributed by atoms with Crippen LogP contribution in [0.25, 0.3) is 0 Å². The number of non-ortho nitro benzene ring substituents is 1. The smallest absolute Gasteiger partial charge is 0.302 e. The number of nitrogens with zero attached hydrogens (tertiary/aromatic N) is 2. The monoisotopic (exact) mass is 509 g/mol. The molecule has 8 heteroatoms. The number of anilines is 1. The summed E-state index contributed by atoms with van der Waals surface area (Å²) in [6.07, 6.45) is 8.30. The summed E-state index contributed by atoms with van der Waals surface area (Å²) < 4.78 is 5.87. The second kappa shape index (κ2) is 9.53. The number of benzene rings is 1. The lowest BCUT2D eigenvalue weighted by Gasteiger charge is -2.59. The summed E-state index contributed by atoms with van der Waals surface area (Å²) in [5.74, 6) is 1.65. The molecule has 1 aromatic carbocycles. The van der Waals surface area contributed by atoms with Gasteiger partial charge in [0.1, 0.15) is 6.10 Å². The Morgan fingerprint density at radius 1 is 1.16 bits per heavy atom. The van der Waals surface area contributed by atoms with Crippen molar-refractivity contribution < 1.29 is 19.6 Å². The molecule has 4 aliphatic carbocycles. The summed E-state index contributed by atoms with van der Waals surface area (Å²) >= 11 is 0. The molecule has 0 radical (unpaired) electrons. The Morgan fingerprint density at radius 3 is 2.57 bits per heavy atom. The van der Waals surface area contributed by atoms with Crippen LogP contribution in [0.2, 0.25) is 0 Å². The summed E-state index contributed by atoms with van der Waals surface area (Å²) in [7, 11) is 0. The van der Waals surface area contributed by atoms with E-state index in [1.54, 1.807) is 12.1 Å². The first kappa shape index (κ1) is 25.9. The van der Waals surface area contributed by atoms with E-state index < -0.39 is 11.0 Å². The molecule has 8 nitrogen and oxygen atoms in total. The van der Waals surface area contributed by atoms with Crippen molar-refractivity contribution in [2.24, 2.45) is 39.6 Å². The number of carbonyl (C=O) groups is 1. The number of fused-ring (bicyclic) bond motifs is 5. The standard InChI is InChI=1S/C29H39N3O5/c1-17(30-31-20-6-8-21(9-7-20)32(35)36)24-11-12-25-23-10-5-19-15-22(34)16-27(37-18(2)33)29(19,4)26(23)13-14-28(24,25)3/h5-9,22-27,31,34H,10-16H2,1-4H3/b30-17+/t22-,23?,24+,25?,26?,27?,28+,29-/m0/s1. The molecular weight excluding hydrogens is 470 g/mol. The van der Waals surface area contributed by atoms with E-state index in [1.807, 2.05) is 0 Å². The molecule has 3 fully saturated rings. The number of carbonyl (C=O) groups excluding carboxylic acids is 1. The van der Waals surface area contributed by atoms with Gasteiger partial charge < -0.3 is 9.84 Å². The van der Waals surface area contributed by atoms with E-state index >= 15 is 0 Å². The highest BCUT2D eigenvalue weighted by Gasteiger charge is 2.61. The first-order valence-corrected chi connectivity index (χ1v) is 13.6. The Morgan fingerprint density at radius 2 is 1.89 bits per heavy atom. The van der Waals surface area contributed by atoms with Crippen LogP contribution in [0, 0.1) is 44.6 Å². The van der Waals surface area contributed by atoms with E-state index in [-0.39, 0.29) is 28.6 Å². The number of aliphatic hydroxyl groups excluding tert-OH is 1. The van der Waals surface area contributed by atoms with Crippen LogP contribution in [0.4, 0.5) is 11.4 Å². The second-order valence-corrected chi connectivity index (χ2v) is 12.2. The number of allylic oxidation sites excluding steroid dienone is 1. The van der Waals surface area contributed by atoms with E-state index in [0.717, 1.165) is 43.5 Å². The summed E-state index contributed by atoms with van der Waals surface area (Å²) in [6, 6.07) is 6.35. The molecule has 1 aromatic rings. The fourth-order valence-corrected chi connectivity index (χ4v) is 8.62. The minimum absolute atomic E-state index is 0.0657. The van der Waals surface area contributed by atoms with Crippen molar-refractivity contribution in [2.45, 2.75) is 84.8 Å². The number of ether oxygens (including phenoxy) is 1. The minimum Gasteiger partial charge on any atom is -0.462 e. The average molecular weight is 510 g/mol. The van der Waals surface area contributed by atoms with Crippen molar-refractivity contribution in [2.75, 3.05) is 5.43 Å². The fourth-order valence-electron chi connectivity index (χ4n) is 8.62. The van der Waals surface area contributed by atoms with Crippen LogP contribution in [0.15, 0.2) is 41.0 Å². The predicted octanol–water partition coefficient (Wildman–Crippen LogP) is 5.86. The number of nitro benzene ring substituents is 1. The first-order valence-electron chi connectivity index (χ1n) is 13.6. The molecule has 8 atom stereocenters. The third-order valence-electron chi connectivity index (χ3n) is 10.4. The van der Waals surface area contributed by atoms with Gasteiger partial charge in [-0.2, -0.15) is 5.10 Å². The molecule has 2 N–H and O–H groups in total. The van der Waals surface area contributed by atoms with Crippen LogP contribution in [-0.4, -0.2) is 33.9 Å². The van der Waals surface area contributed by atoms with Crippen LogP contribution in [0.3, 0.4) is 0 Å². The van der Waals surface area contributed by atoms with Crippen molar-refractivity contribution in [3.8, 4) is 0 Å². The second-order valence-electron chi connectivity index (χ2n) is 12.2. The quantitative estimate of drug-likeness (QED) is 0.169. The summed E-state index contributed by atoms with van der Waals surface area (Å²) in [5, 5.41) is 26.2. The van der Waals surface area contributed by atoms with Gasteiger partial charge in [0, 0.05) is 42.5 Å². The van der Waals surface area contributed by atoms with Crippen molar-refractivity contribution >= 4 is 23.1 Å². The van der Waals surface area contributed by atoms with E-state index in [4.69, 9.17) is 9.84 Å². The van der Waals surface area contributed by atoms with Crippen LogP contribution in [0.1, 0.15) is 72.6 Å². The molecule has 0 amide bonds. The molecule has 0 aliphatic heterocycles. The van der Waals surface area contributed by atoms with Gasteiger partial charge >= 0.3 is 5.97 Å². The van der Waals surface area contributed by atoms with Gasteiger partial charge in [0.15, 0.2) is 0 Å². The van der Waals surface area contributed by atoms with Gasteiger partial charge in [0.05, 0.1) is 16.7 Å². The Kier molecular flexibility index (Phi) is 6.67. The molecule has 3 saturated carbocycles. The van der Waals surface area contributed by atoms with Gasteiger partial charge in [-0.1, -0.05) is 25.5 Å². The normalized spacial score (nSPS) is 39.1.